The van der Waals surface area contributed by atoms with E-state index in [1.807, 2.05) is 38.2 Å². The molecule has 1 spiro atoms. The Morgan fingerprint density at radius 2 is 1.65 bits per heavy atom. The van der Waals surface area contributed by atoms with E-state index < -0.39 is 17.7 Å². The van der Waals surface area contributed by atoms with Crippen molar-refractivity contribution in [1.29, 1.82) is 0 Å². The lowest BCUT2D eigenvalue weighted by atomic mass is 9.74. The summed E-state index contributed by atoms with van der Waals surface area (Å²) in [4.78, 5) is 15.4. The molecule has 0 radical (unpaired) electrons. The van der Waals surface area contributed by atoms with E-state index >= 15 is 0 Å². The van der Waals surface area contributed by atoms with Gasteiger partial charge in [-0.25, -0.2) is 0 Å². The second-order valence-electron chi connectivity index (χ2n) is 11.3. The Kier molecular flexibility index (Phi) is 7.82. The molecular formula is C32H35F3N2O3. The number of hydrogen-bond acceptors (Lipinski definition) is 4. The van der Waals surface area contributed by atoms with Crippen molar-refractivity contribution >= 4 is 11.7 Å². The Labute approximate surface area is 233 Å². The lowest BCUT2D eigenvalue weighted by Gasteiger charge is -2.40. The second kappa shape index (κ2) is 11.2. The Morgan fingerprint density at radius 1 is 1.00 bits per heavy atom. The van der Waals surface area contributed by atoms with Crippen molar-refractivity contribution in [2.24, 2.45) is 0 Å². The van der Waals surface area contributed by atoms with Crippen LogP contribution >= 0.6 is 0 Å². The standard InChI is InChI=1S/C32H35F3N2O3/c1-22(17-30(38)39)25-7-10-27(11-8-25)40-20-24-5-3-23(4-6-24)19-37-15-13-31(14-16-37)21-36(2)29-12-9-26(18-28(29)31)32(33,34)35/h3-12,18,22H,13-17,19-21H2,1-2H3,(H,38,39). The van der Waals surface area contributed by atoms with Gasteiger partial charge in [-0.05, 0) is 84.4 Å². The first-order valence-electron chi connectivity index (χ1n) is 13.7. The quantitative estimate of drug-likeness (QED) is 0.331. The number of rotatable bonds is 8. The summed E-state index contributed by atoms with van der Waals surface area (Å²) in [6, 6.07) is 20.1. The Bertz CT molecular complexity index is 1330. The van der Waals surface area contributed by atoms with Crippen LogP contribution < -0.4 is 9.64 Å². The highest BCUT2D eigenvalue weighted by Crippen LogP contribution is 2.48. The molecule has 2 aliphatic heterocycles. The largest absolute Gasteiger partial charge is 0.489 e. The number of fused-ring (bicyclic) bond motifs is 2. The first-order valence-corrected chi connectivity index (χ1v) is 13.7. The van der Waals surface area contributed by atoms with Crippen molar-refractivity contribution in [2.45, 2.75) is 56.8 Å². The zero-order valence-corrected chi connectivity index (χ0v) is 22.9. The molecule has 0 aromatic heterocycles. The number of alkyl halides is 3. The predicted molar refractivity (Wildman–Crippen MR) is 149 cm³/mol. The van der Waals surface area contributed by atoms with E-state index in [9.17, 15) is 18.0 Å². The average Bonchev–Trinajstić information content (AvgIpc) is 3.19. The molecule has 5 nitrogen and oxygen atoms in total. The van der Waals surface area contributed by atoms with Gasteiger partial charge in [-0.15, -0.1) is 0 Å². The summed E-state index contributed by atoms with van der Waals surface area (Å²) < 4.78 is 46.1. The van der Waals surface area contributed by atoms with Crippen molar-refractivity contribution in [3.63, 3.8) is 0 Å². The summed E-state index contributed by atoms with van der Waals surface area (Å²) in [5.74, 6) is -0.128. The zero-order valence-electron chi connectivity index (χ0n) is 22.9. The van der Waals surface area contributed by atoms with Gasteiger partial charge < -0.3 is 14.7 Å². The summed E-state index contributed by atoms with van der Waals surface area (Å²) in [6.07, 6.45) is -2.56. The van der Waals surface area contributed by atoms with Crippen LogP contribution in [0.3, 0.4) is 0 Å². The maximum absolute atomic E-state index is 13.4. The molecule has 212 valence electrons. The van der Waals surface area contributed by atoms with E-state index in [2.05, 4.69) is 34.1 Å². The van der Waals surface area contributed by atoms with Gasteiger partial charge in [-0.2, -0.15) is 13.2 Å². The third-order valence-corrected chi connectivity index (χ3v) is 8.42. The summed E-state index contributed by atoms with van der Waals surface area (Å²) in [6.45, 7) is 5.58. The number of aliphatic carboxylic acids is 1. The first kappa shape index (κ1) is 28.0. The van der Waals surface area contributed by atoms with E-state index in [1.54, 1.807) is 6.07 Å². The fourth-order valence-electron chi connectivity index (χ4n) is 6.10. The van der Waals surface area contributed by atoms with Gasteiger partial charge in [0.15, 0.2) is 0 Å². The number of carboxylic acids is 1. The summed E-state index contributed by atoms with van der Waals surface area (Å²) in [7, 11) is 1.97. The highest BCUT2D eigenvalue weighted by atomic mass is 19.4. The summed E-state index contributed by atoms with van der Waals surface area (Å²) in [5, 5.41) is 8.98. The number of ether oxygens (including phenoxy) is 1. The molecule has 1 N–H and O–H groups in total. The minimum absolute atomic E-state index is 0.0536. The van der Waals surface area contributed by atoms with Crippen molar-refractivity contribution in [3.8, 4) is 5.75 Å². The van der Waals surface area contributed by atoms with E-state index in [0.29, 0.717) is 6.61 Å². The summed E-state index contributed by atoms with van der Waals surface area (Å²) in [5.41, 5.74) is 4.19. The van der Waals surface area contributed by atoms with Crippen LogP contribution in [0.5, 0.6) is 5.75 Å². The minimum atomic E-state index is -4.33. The Hall–Kier alpha value is -3.52. The number of hydrogen-bond donors (Lipinski definition) is 1. The monoisotopic (exact) mass is 552 g/mol. The van der Waals surface area contributed by atoms with Crippen molar-refractivity contribution in [2.75, 3.05) is 31.6 Å². The second-order valence-corrected chi connectivity index (χ2v) is 11.3. The van der Waals surface area contributed by atoms with Crippen molar-refractivity contribution in [3.05, 3.63) is 94.5 Å². The highest BCUT2D eigenvalue weighted by Gasteiger charge is 2.45. The van der Waals surface area contributed by atoms with Crippen LogP contribution in [0, 0.1) is 0 Å². The molecule has 5 rings (SSSR count). The molecule has 2 aliphatic rings. The topological polar surface area (TPSA) is 53.0 Å². The highest BCUT2D eigenvalue weighted by molar-refractivity contribution is 5.68. The van der Waals surface area contributed by atoms with Crippen LogP contribution in [0.25, 0.3) is 0 Å². The van der Waals surface area contributed by atoms with Crippen molar-refractivity contribution in [1.82, 2.24) is 4.90 Å². The number of piperidine rings is 1. The molecule has 0 amide bonds. The molecule has 0 bridgehead atoms. The van der Waals surface area contributed by atoms with Crippen molar-refractivity contribution < 1.29 is 27.8 Å². The molecule has 3 aromatic rings. The van der Waals surface area contributed by atoms with Crippen LogP contribution in [0.15, 0.2) is 66.7 Å². The lowest BCUT2D eigenvalue weighted by Crippen LogP contribution is -2.44. The van der Waals surface area contributed by atoms with Crippen LogP contribution in [0.2, 0.25) is 0 Å². The Morgan fingerprint density at radius 3 is 2.27 bits per heavy atom. The normalized spacial score (nSPS) is 17.6. The third-order valence-electron chi connectivity index (χ3n) is 8.42. The molecule has 8 heteroatoms. The van der Waals surface area contributed by atoms with Gasteiger partial charge in [0.1, 0.15) is 12.4 Å². The molecule has 3 aromatic carbocycles. The van der Waals surface area contributed by atoms with Crippen LogP contribution in [0.1, 0.15) is 59.9 Å². The van der Waals surface area contributed by atoms with Gasteiger partial charge in [0.05, 0.1) is 12.0 Å². The fourth-order valence-corrected chi connectivity index (χ4v) is 6.10. The number of benzene rings is 3. The predicted octanol–water partition coefficient (Wildman–Crippen LogP) is 6.85. The fraction of sp³-hybridized carbons (Fsp3) is 0.406. The number of anilines is 1. The average molecular weight is 553 g/mol. The summed E-state index contributed by atoms with van der Waals surface area (Å²) >= 11 is 0. The number of carbonyl (C=O) groups is 1. The van der Waals surface area contributed by atoms with Gasteiger partial charge in [0.2, 0.25) is 0 Å². The van der Waals surface area contributed by atoms with E-state index in [1.165, 1.54) is 17.7 Å². The SMILES string of the molecule is CC(CC(=O)O)c1ccc(OCc2ccc(CN3CCC4(CC3)CN(C)c3ccc(C(F)(F)F)cc34)cc2)cc1. The number of nitrogens with zero attached hydrogens (tertiary/aromatic N) is 2. The molecule has 1 fully saturated rings. The minimum Gasteiger partial charge on any atom is -0.489 e. The maximum atomic E-state index is 13.4. The number of likely N-dealkylation sites (tertiary alicyclic amines) is 1. The van der Waals surface area contributed by atoms with Gasteiger partial charge in [0.25, 0.3) is 0 Å². The molecular weight excluding hydrogens is 517 g/mol. The third kappa shape index (κ3) is 6.12. The van der Waals surface area contributed by atoms with Crippen LogP contribution in [-0.4, -0.2) is 42.7 Å². The molecule has 1 atom stereocenters. The van der Waals surface area contributed by atoms with E-state index in [4.69, 9.17) is 9.84 Å². The molecule has 1 saturated heterocycles. The Balaban J connectivity index is 1.14. The van der Waals surface area contributed by atoms with Gasteiger partial charge in [0, 0.05) is 31.2 Å². The van der Waals surface area contributed by atoms with Gasteiger partial charge >= 0.3 is 12.1 Å². The van der Waals surface area contributed by atoms with Gasteiger partial charge in [-0.3, -0.25) is 9.69 Å². The zero-order chi connectivity index (χ0) is 28.5. The van der Waals surface area contributed by atoms with E-state index in [-0.39, 0.29) is 17.8 Å². The number of halogens is 3. The smallest absolute Gasteiger partial charge is 0.416 e. The maximum Gasteiger partial charge on any atom is 0.416 e. The number of likely N-dealkylation sites (N-methyl/N-ethyl adjacent to an activating group) is 1. The molecule has 0 aliphatic carbocycles. The molecule has 1 unspecified atom stereocenters. The molecule has 0 saturated carbocycles. The molecule has 40 heavy (non-hydrogen) atoms. The van der Waals surface area contributed by atoms with E-state index in [0.717, 1.165) is 67.1 Å². The van der Waals surface area contributed by atoms with Crippen LogP contribution in [0.4, 0.5) is 18.9 Å². The molecule has 2 heterocycles. The number of carboxylic acid groups (broad SMARTS) is 1. The van der Waals surface area contributed by atoms with Gasteiger partial charge in [-0.1, -0.05) is 43.3 Å². The lowest BCUT2D eigenvalue weighted by molar-refractivity contribution is -0.138. The van der Waals surface area contributed by atoms with Crippen LogP contribution in [-0.2, 0) is 29.5 Å². The first-order chi connectivity index (χ1) is 19.0.